The first-order valence-corrected chi connectivity index (χ1v) is 6.22. The molecule has 1 unspecified atom stereocenters. The molecule has 1 aliphatic rings. The standard InChI is InChI=1S/C12H21N3O2/c1-4-6-15-10(8-13-14-15)12(16)5-7-17-11(2,3)9-12/h8,16H,4-7,9H2,1-3H3. The molecule has 0 spiro atoms. The van der Waals surface area contributed by atoms with Crippen LogP contribution in [0.1, 0.15) is 45.7 Å². The summed E-state index contributed by atoms with van der Waals surface area (Å²) in [5.41, 5.74) is -0.343. The summed E-state index contributed by atoms with van der Waals surface area (Å²) in [6.45, 7) is 7.46. The summed E-state index contributed by atoms with van der Waals surface area (Å²) >= 11 is 0. The van der Waals surface area contributed by atoms with Crippen molar-refractivity contribution in [2.45, 2.75) is 57.8 Å². The second-order valence-corrected chi connectivity index (χ2v) is 5.41. The highest BCUT2D eigenvalue weighted by molar-refractivity contribution is 5.11. The Balaban J connectivity index is 2.27. The van der Waals surface area contributed by atoms with E-state index in [0.29, 0.717) is 19.4 Å². The van der Waals surface area contributed by atoms with E-state index in [-0.39, 0.29) is 5.60 Å². The van der Waals surface area contributed by atoms with Crippen molar-refractivity contribution in [3.05, 3.63) is 11.9 Å². The third-order valence-corrected chi connectivity index (χ3v) is 3.26. The largest absolute Gasteiger partial charge is 0.383 e. The fraction of sp³-hybridized carbons (Fsp3) is 0.833. The first-order chi connectivity index (χ1) is 7.97. The minimum absolute atomic E-state index is 0.297. The van der Waals surface area contributed by atoms with E-state index in [2.05, 4.69) is 17.2 Å². The SMILES string of the molecule is CCCn1nncc1C1(O)CCOC(C)(C)C1. The molecule has 1 N–H and O–H groups in total. The quantitative estimate of drug-likeness (QED) is 0.867. The Morgan fingerprint density at radius 3 is 2.94 bits per heavy atom. The van der Waals surface area contributed by atoms with E-state index in [0.717, 1.165) is 18.7 Å². The molecule has 2 rings (SSSR count). The summed E-state index contributed by atoms with van der Waals surface area (Å²) in [4.78, 5) is 0. The van der Waals surface area contributed by atoms with E-state index in [4.69, 9.17) is 4.74 Å². The highest BCUT2D eigenvalue weighted by Gasteiger charge is 2.42. The number of ether oxygens (including phenoxy) is 1. The maximum absolute atomic E-state index is 10.8. The van der Waals surface area contributed by atoms with Gasteiger partial charge in [0.05, 0.1) is 24.1 Å². The Bertz CT molecular complexity index is 389. The van der Waals surface area contributed by atoms with Gasteiger partial charge in [0.15, 0.2) is 0 Å². The van der Waals surface area contributed by atoms with Gasteiger partial charge in [-0.1, -0.05) is 12.1 Å². The predicted octanol–water partition coefficient (Wildman–Crippen LogP) is 1.46. The third kappa shape index (κ3) is 2.50. The average molecular weight is 239 g/mol. The first-order valence-electron chi connectivity index (χ1n) is 6.22. The molecular weight excluding hydrogens is 218 g/mol. The predicted molar refractivity (Wildman–Crippen MR) is 63.5 cm³/mol. The van der Waals surface area contributed by atoms with Crippen LogP contribution in [0.15, 0.2) is 6.20 Å². The third-order valence-electron chi connectivity index (χ3n) is 3.26. The summed E-state index contributed by atoms with van der Waals surface area (Å²) in [6, 6.07) is 0. The van der Waals surface area contributed by atoms with Crippen LogP contribution < -0.4 is 0 Å². The molecule has 1 aliphatic heterocycles. The molecule has 1 aromatic rings. The summed E-state index contributed by atoms with van der Waals surface area (Å²) in [5.74, 6) is 0. The fourth-order valence-electron chi connectivity index (χ4n) is 2.55. The van der Waals surface area contributed by atoms with Gasteiger partial charge in [0, 0.05) is 19.4 Å². The second-order valence-electron chi connectivity index (χ2n) is 5.41. The molecule has 1 atom stereocenters. The zero-order valence-electron chi connectivity index (χ0n) is 10.8. The smallest absolute Gasteiger partial charge is 0.113 e. The molecule has 2 heterocycles. The van der Waals surface area contributed by atoms with Crippen LogP contribution in [0, 0.1) is 0 Å². The lowest BCUT2D eigenvalue weighted by atomic mass is 9.82. The lowest BCUT2D eigenvalue weighted by molar-refractivity contribution is -0.151. The van der Waals surface area contributed by atoms with Crippen molar-refractivity contribution in [2.24, 2.45) is 0 Å². The molecule has 0 aromatic carbocycles. The second kappa shape index (κ2) is 4.38. The van der Waals surface area contributed by atoms with Gasteiger partial charge < -0.3 is 9.84 Å². The van der Waals surface area contributed by atoms with E-state index < -0.39 is 5.60 Å². The minimum Gasteiger partial charge on any atom is -0.383 e. The Labute approximate surface area is 102 Å². The van der Waals surface area contributed by atoms with Gasteiger partial charge in [-0.15, -0.1) is 5.10 Å². The number of hydrogen-bond acceptors (Lipinski definition) is 4. The van der Waals surface area contributed by atoms with Crippen LogP contribution >= 0.6 is 0 Å². The highest BCUT2D eigenvalue weighted by Crippen LogP contribution is 2.38. The van der Waals surface area contributed by atoms with Crippen molar-refractivity contribution in [3.8, 4) is 0 Å². The Hall–Kier alpha value is -0.940. The van der Waals surface area contributed by atoms with E-state index in [1.807, 2.05) is 13.8 Å². The van der Waals surface area contributed by atoms with Crippen molar-refractivity contribution in [1.82, 2.24) is 15.0 Å². The summed E-state index contributed by atoms with van der Waals surface area (Å²) in [6.07, 6.45) is 3.84. The van der Waals surface area contributed by atoms with Gasteiger partial charge in [0.25, 0.3) is 0 Å². The van der Waals surface area contributed by atoms with Crippen LogP contribution in [0.25, 0.3) is 0 Å². The molecule has 0 aliphatic carbocycles. The topological polar surface area (TPSA) is 60.2 Å². The molecule has 5 nitrogen and oxygen atoms in total. The van der Waals surface area contributed by atoms with E-state index >= 15 is 0 Å². The van der Waals surface area contributed by atoms with Gasteiger partial charge >= 0.3 is 0 Å². The molecule has 1 aromatic heterocycles. The van der Waals surface area contributed by atoms with Gasteiger partial charge in [-0.2, -0.15) is 0 Å². The number of hydrogen-bond donors (Lipinski definition) is 1. The van der Waals surface area contributed by atoms with Crippen LogP contribution in [0.5, 0.6) is 0 Å². The molecule has 96 valence electrons. The van der Waals surface area contributed by atoms with Gasteiger partial charge in [-0.3, -0.25) is 0 Å². The van der Waals surface area contributed by atoms with Gasteiger partial charge in [-0.05, 0) is 20.3 Å². The summed E-state index contributed by atoms with van der Waals surface area (Å²) < 4.78 is 7.46. The van der Waals surface area contributed by atoms with Crippen LogP contribution in [0.2, 0.25) is 0 Å². The van der Waals surface area contributed by atoms with Gasteiger partial charge in [-0.25, -0.2) is 4.68 Å². The summed E-state index contributed by atoms with van der Waals surface area (Å²) in [5, 5.41) is 18.8. The molecule has 5 heteroatoms. The van der Waals surface area contributed by atoms with Crippen LogP contribution in [0.4, 0.5) is 0 Å². The van der Waals surface area contributed by atoms with Crippen LogP contribution in [0.3, 0.4) is 0 Å². The molecule has 1 saturated heterocycles. The van der Waals surface area contributed by atoms with Crippen LogP contribution in [-0.4, -0.2) is 32.3 Å². The number of rotatable bonds is 3. The lowest BCUT2D eigenvalue weighted by Gasteiger charge is -2.41. The van der Waals surface area contributed by atoms with E-state index in [9.17, 15) is 5.11 Å². The number of aliphatic hydroxyl groups is 1. The van der Waals surface area contributed by atoms with E-state index in [1.165, 1.54) is 0 Å². The molecule has 0 radical (unpaired) electrons. The lowest BCUT2D eigenvalue weighted by Crippen LogP contribution is -2.45. The monoisotopic (exact) mass is 239 g/mol. The van der Waals surface area contributed by atoms with E-state index in [1.54, 1.807) is 10.9 Å². The minimum atomic E-state index is -0.861. The average Bonchev–Trinajstić information content (AvgIpc) is 2.65. The van der Waals surface area contributed by atoms with Crippen molar-refractivity contribution in [2.75, 3.05) is 6.61 Å². The first kappa shape index (κ1) is 12.5. The number of aryl methyl sites for hydroxylation is 1. The molecule has 0 bridgehead atoms. The molecule has 1 fully saturated rings. The van der Waals surface area contributed by atoms with Crippen molar-refractivity contribution < 1.29 is 9.84 Å². The highest BCUT2D eigenvalue weighted by atomic mass is 16.5. The Kier molecular flexibility index (Phi) is 3.23. The fourth-order valence-corrected chi connectivity index (χ4v) is 2.55. The molecule has 0 saturated carbocycles. The molecule has 0 amide bonds. The zero-order chi connectivity index (χ0) is 12.5. The van der Waals surface area contributed by atoms with Crippen molar-refractivity contribution in [1.29, 1.82) is 0 Å². The zero-order valence-corrected chi connectivity index (χ0v) is 10.8. The Morgan fingerprint density at radius 2 is 2.29 bits per heavy atom. The molecule has 17 heavy (non-hydrogen) atoms. The van der Waals surface area contributed by atoms with Crippen molar-refractivity contribution in [3.63, 3.8) is 0 Å². The van der Waals surface area contributed by atoms with Crippen molar-refractivity contribution >= 4 is 0 Å². The summed E-state index contributed by atoms with van der Waals surface area (Å²) in [7, 11) is 0. The number of nitrogens with zero attached hydrogens (tertiary/aromatic N) is 3. The van der Waals surface area contributed by atoms with Gasteiger partial charge in [0.2, 0.25) is 0 Å². The molecular formula is C12H21N3O2. The maximum atomic E-state index is 10.8. The normalized spacial score (nSPS) is 28.2. The maximum Gasteiger partial charge on any atom is 0.113 e. The number of aromatic nitrogens is 3. The Morgan fingerprint density at radius 1 is 1.53 bits per heavy atom. The van der Waals surface area contributed by atoms with Gasteiger partial charge in [0.1, 0.15) is 5.60 Å². The van der Waals surface area contributed by atoms with Crippen LogP contribution in [-0.2, 0) is 16.9 Å².